The molecule has 1 aliphatic rings. The van der Waals surface area contributed by atoms with Crippen LogP contribution in [0.1, 0.15) is 44.9 Å². The van der Waals surface area contributed by atoms with Crippen LogP contribution in [0.4, 0.5) is 5.95 Å². The van der Waals surface area contributed by atoms with Gasteiger partial charge in [0, 0.05) is 5.70 Å². The third kappa shape index (κ3) is 5.22. The minimum absolute atomic E-state index is 0.0796. The number of hydrogen-bond acceptors (Lipinski definition) is 7. The van der Waals surface area contributed by atoms with E-state index >= 15 is 0 Å². The van der Waals surface area contributed by atoms with Crippen LogP contribution < -0.4 is 10.1 Å². The first-order chi connectivity index (χ1) is 16.0. The second kappa shape index (κ2) is 10.1. The van der Waals surface area contributed by atoms with E-state index in [1.54, 1.807) is 16.4 Å². The second-order valence-corrected chi connectivity index (χ2v) is 9.19. The molecule has 2 heterocycles. The number of hydrogen-bond donors (Lipinski definition) is 1. The van der Waals surface area contributed by atoms with E-state index in [0.717, 1.165) is 22.6 Å². The van der Waals surface area contributed by atoms with Crippen molar-refractivity contribution in [3.63, 3.8) is 0 Å². The summed E-state index contributed by atoms with van der Waals surface area (Å²) in [4.78, 5) is 17.9. The monoisotopic (exact) mass is 464 g/mol. The van der Waals surface area contributed by atoms with Crippen LogP contribution in [0.5, 0.6) is 5.75 Å². The molecule has 0 bridgehead atoms. The molecule has 0 spiro atoms. The standard InChI is InChI=1S/C25H28N4O3S/c1-5-33-25-27-24-26-17(4)21(23(30)31-15-18-9-7-6-8-10-18)22(29(24)28-25)19-11-13-20(14-12-19)32-16(2)3/h6-14,16,22H,5,15H2,1-4H3,(H,26,27,28). The van der Waals surface area contributed by atoms with Crippen molar-refractivity contribution in [2.24, 2.45) is 0 Å². The number of anilines is 1. The molecule has 1 atom stereocenters. The van der Waals surface area contributed by atoms with Crippen molar-refractivity contribution in [3.05, 3.63) is 77.0 Å². The van der Waals surface area contributed by atoms with Gasteiger partial charge in [-0.1, -0.05) is 61.2 Å². The van der Waals surface area contributed by atoms with Gasteiger partial charge in [0.2, 0.25) is 11.1 Å². The summed E-state index contributed by atoms with van der Waals surface area (Å²) in [6.07, 6.45) is 0.0796. The fraction of sp³-hybridized carbons (Fsp3) is 0.320. The van der Waals surface area contributed by atoms with Crippen LogP contribution >= 0.6 is 11.8 Å². The van der Waals surface area contributed by atoms with Crippen molar-refractivity contribution in [1.82, 2.24) is 14.8 Å². The highest BCUT2D eigenvalue weighted by atomic mass is 32.2. The number of nitrogens with one attached hydrogen (secondary N) is 1. The van der Waals surface area contributed by atoms with Gasteiger partial charge in [-0.3, -0.25) is 0 Å². The summed E-state index contributed by atoms with van der Waals surface area (Å²) >= 11 is 1.56. The van der Waals surface area contributed by atoms with Crippen molar-refractivity contribution in [2.75, 3.05) is 11.1 Å². The first-order valence-corrected chi connectivity index (χ1v) is 12.0. The van der Waals surface area contributed by atoms with Gasteiger partial charge < -0.3 is 14.8 Å². The number of carbonyl (C=O) groups is 1. The molecule has 0 saturated heterocycles. The molecule has 0 saturated carbocycles. The number of thioether (sulfide) groups is 1. The highest BCUT2D eigenvalue weighted by Crippen LogP contribution is 2.37. The summed E-state index contributed by atoms with van der Waals surface area (Å²) in [5.74, 6) is 1.85. The molecule has 1 unspecified atom stereocenters. The van der Waals surface area contributed by atoms with Gasteiger partial charge in [-0.15, -0.1) is 5.10 Å². The van der Waals surface area contributed by atoms with Crippen LogP contribution in [-0.4, -0.2) is 32.6 Å². The van der Waals surface area contributed by atoms with Crippen LogP contribution in [-0.2, 0) is 16.1 Å². The molecule has 0 radical (unpaired) electrons. The van der Waals surface area contributed by atoms with Crippen molar-refractivity contribution in [2.45, 2.75) is 51.6 Å². The smallest absolute Gasteiger partial charge is 0.338 e. The summed E-state index contributed by atoms with van der Waals surface area (Å²) in [7, 11) is 0. The molecule has 1 aliphatic heterocycles. The van der Waals surface area contributed by atoms with Crippen LogP contribution in [0.15, 0.2) is 71.0 Å². The van der Waals surface area contributed by atoms with Gasteiger partial charge in [0.25, 0.3) is 0 Å². The molecule has 1 aromatic heterocycles. The van der Waals surface area contributed by atoms with E-state index in [-0.39, 0.29) is 18.7 Å². The Morgan fingerprint density at radius 2 is 1.88 bits per heavy atom. The van der Waals surface area contributed by atoms with Crippen LogP contribution in [0.2, 0.25) is 0 Å². The van der Waals surface area contributed by atoms with Crippen molar-refractivity contribution in [1.29, 1.82) is 0 Å². The molecule has 2 aromatic carbocycles. The van der Waals surface area contributed by atoms with Gasteiger partial charge >= 0.3 is 5.97 Å². The first kappa shape index (κ1) is 22.9. The number of fused-ring (bicyclic) bond motifs is 1. The second-order valence-electron chi connectivity index (χ2n) is 7.96. The largest absolute Gasteiger partial charge is 0.491 e. The number of aromatic nitrogens is 3. The van der Waals surface area contributed by atoms with E-state index in [0.29, 0.717) is 22.4 Å². The molecule has 33 heavy (non-hydrogen) atoms. The zero-order valence-corrected chi connectivity index (χ0v) is 20.1. The molecular weight excluding hydrogens is 436 g/mol. The van der Waals surface area contributed by atoms with Gasteiger partial charge in [-0.05, 0) is 49.8 Å². The Bertz CT molecular complexity index is 1140. The Morgan fingerprint density at radius 3 is 2.55 bits per heavy atom. The van der Waals surface area contributed by atoms with Gasteiger partial charge in [-0.2, -0.15) is 4.98 Å². The summed E-state index contributed by atoms with van der Waals surface area (Å²) in [6, 6.07) is 16.9. The predicted octanol–water partition coefficient (Wildman–Crippen LogP) is 5.21. The number of esters is 1. The van der Waals surface area contributed by atoms with E-state index in [9.17, 15) is 4.79 Å². The number of rotatable bonds is 8. The molecular formula is C25H28N4O3S. The zero-order valence-electron chi connectivity index (χ0n) is 19.2. The number of ether oxygens (including phenoxy) is 2. The highest BCUT2D eigenvalue weighted by molar-refractivity contribution is 7.99. The Balaban J connectivity index is 1.68. The molecule has 172 valence electrons. The lowest BCUT2D eigenvalue weighted by Gasteiger charge is -2.28. The predicted molar refractivity (Wildman–Crippen MR) is 129 cm³/mol. The van der Waals surface area contributed by atoms with Gasteiger partial charge in [-0.25, -0.2) is 9.48 Å². The topological polar surface area (TPSA) is 78.3 Å². The highest BCUT2D eigenvalue weighted by Gasteiger charge is 2.35. The Kier molecular flexibility index (Phi) is 7.03. The minimum Gasteiger partial charge on any atom is -0.491 e. The number of allylic oxidation sites excluding steroid dienone is 1. The van der Waals surface area contributed by atoms with E-state index in [1.165, 1.54) is 0 Å². The van der Waals surface area contributed by atoms with E-state index < -0.39 is 6.04 Å². The number of carbonyl (C=O) groups excluding carboxylic acids is 1. The Morgan fingerprint density at radius 1 is 1.15 bits per heavy atom. The summed E-state index contributed by atoms with van der Waals surface area (Å²) < 4.78 is 13.3. The minimum atomic E-state index is -0.462. The van der Waals surface area contributed by atoms with Crippen LogP contribution in [0.25, 0.3) is 0 Å². The number of benzene rings is 2. The molecule has 0 fully saturated rings. The summed E-state index contributed by atoms with van der Waals surface area (Å²) in [5.41, 5.74) is 3.04. The maximum Gasteiger partial charge on any atom is 0.338 e. The molecule has 4 rings (SSSR count). The first-order valence-electron chi connectivity index (χ1n) is 11.0. The van der Waals surface area contributed by atoms with Crippen molar-refractivity contribution in [3.8, 4) is 5.75 Å². The molecule has 7 nitrogen and oxygen atoms in total. The average Bonchev–Trinajstić information content (AvgIpc) is 3.19. The maximum atomic E-state index is 13.3. The van der Waals surface area contributed by atoms with Gasteiger partial charge in [0.05, 0.1) is 11.7 Å². The molecule has 0 aliphatic carbocycles. The van der Waals surface area contributed by atoms with Crippen LogP contribution in [0, 0.1) is 0 Å². The van der Waals surface area contributed by atoms with Crippen molar-refractivity contribution >= 4 is 23.7 Å². The molecule has 1 N–H and O–H groups in total. The SMILES string of the molecule is CCSc1nc2n(n1)C(c1ccc(OC(C)C)cc1)C(C(=O)OCc1ccccc1)=C(C)N2. The molecule has 3 aromatic rings. The summed E-state index contributed by atoms with van der Waals surface area (Å²) in [6.45, 7) is 8.10. The van der Waals surface area contributed by atoms with Gasteiger partial charge in [0.1, 0.15) is 18.4 Å². The lowest BCUT2D eigenvalue weighted by molar-refractivity contribution is -0.140. The van der Waals surface area contributed by atoms with Crippen LogP contribution in [0.3, 0.4) is 0 Å². The Hall–Kier alpha value is -3.26. The van der Waals surface area contributed by atoms with E-state index in [1.807, 2.05) is 75.4 Å². The quantitative estimate of drug-likeness (QED) is 0.362. The zero-order chi connectivity index (χ0) is 23.4. The lowest BCUT2D eigenvalue weighted by Crippen LogP contribution is -2.29. The van der Waals surface area contributed by atoms with E-state index in [2.05, 4.69) is 22.3 Å². The average molecular weight is 465 g/mol. The summed E-state index contributed by atoms with van der Waals surface area (Å²) in [5, 5.41) is 8.59. The molecule has 0 amide bonds. The third-order valence-electron chi connectivity index (χ3n) is 5.11. The third-order valence-corrected chi connectivity index (χ3v) is 5.83. The maximum absolute atomic E-state index is 13.3. The lowest BCUT2D eigenvalue weighted by atomic mass is 9.95. The van der Waals surface area contributed by atoms with Crippen molar-refractivity contribution < 1.29 is 14.3 Å². The number of nitrogens with zero attached hydrogens (tertiary/aromatic N) is 3. The fourth-order valence-electron chi connectivity index (χ4n) is 3.70. The molecule has 8 heteroatoms. The van der Waals surface area contributed by atoms with Gasteiger partial charge in [0.15, 0.2) is 0 Å². The normalized spacial score (nSPS) is 15.2. The van der Waals surface area contributed by atoms with E-state index in [4.69, 9.17) is 9.47 Å². The Labute approximate surface area is 198 Å². The fourth-order valence-corrected chi connectivity index (χ4v) is 4.25.